The molecule has 0 aliphatic carbocycles. The molecule has 1 rings (SSSR count). The summed E-state index contributed by atoms with van der Waals surface area (Å²) in [5, 5.41) is 19.8. The number of benzene rings is 1. The number of amides is 1. The zero-order valence-electron chi connectivity index (χ0n) is 11.6. The molecule has 1 aromatic rings. The molecule has 1 amide bonds. The van der Waals surface area contributed by atoms with Crippen LogP contribution in [0.2, 0.25) is 0 Å². The van der Waals surface area contributed by atoms with Gasteiger partial charge in [0.2, 0.25) is 5.91 Å². The van der Waals surface area contributed by atoms with Crippen LogP contribution in [-0.4, -0.2) is 34.7 Å². The van der Waals surface area contributed by atoms with E-state index in [0.29, 0.717) is 0 Å². The molecule has 0 unspecified atom stereocenters. The standard InChI is InChI=1S/C15H21NO4/c1-2-3-4-11-5-7-12(8-6-11)9-14(18)16-13(10-17)15(19)20/h5-8,13,17H,2-4,9-10H2,1H3,(H,16,18)(H,19,20)/t13-/m0/s1. The highest BCUT2D eigenvalue weighted by molar-refractivity contribution is 5.84. The Morgan fingerprint density at radius 3 is 2.30 bits per heavy atom. The molecule has 0 saturated carbocycles. The van der Waals surface area contributed by atoms with Crippen LogP contribution < -0.4 is 5.32 Å². The molecule has 1 atom stereocenters. The maximum Gasteiger partial charge on any atom is 0.328 e. The summed E-state index contributed by atoms with van der Waals surface area (Å²) in [5.74, 6) is -1.65. The second-order valence-corrected chi connectivity index (χ2v) is 4.74. The first-order chi connectivity index (χ1) is 9.56. The maximum atomic E-state index is 11.7. The predicted octanol–water partition coefficient (Wildman–Crippen LogP) is 1.13. The third kappa shape index (κ3) is 5.40. The van der Waals surface area contributed by atoms with Gasteiger partial charge in [-0.05, 0) is 24.0 Å². The van der Waals surface area contributed by atoms with Crippen LogP contribution in [0, 0.1) is 0 Å². The first-order valence-corrected chi connectivity index (χ1v) is 6.77. The minimum atomic E-state index is -1.24. The number of carbonyl (C=O) groups excluding carboxylic acids is 1. The number of hydrogen-bond acceptors (Lipinski definition) is 3. The number of unbranched alkanes of at least 4 members (excludes halogenated alkanes) is 1. The molecular formula is C15H21NO4. The van der Waals surface area contributed by atoms with Crippen LogP contribution in [0.1, 0.15) is 30.9 Å². The van der Waals surface area contributed by atoms with Crippen molar-refractivity contribution in [1.29, 1.82) is 0 Å². The Bertz CT molecular complexity index is 442. The number of aliphatic carboxylic acids is 1. The van der Waals surface area contributed by atoms with Crippen molar-refractivity contribution in [2.45, 2.75) is 38.6 Å². The van der Waals surface area contributed by atoms with E-state index < -0.39 is 24.5 Å². The van der Waals surface area contributed by atoms with Crippen molar-refractivity contribution in [1.82, 2.24) is 5.32 Å². The van der Waals surface area contributed by atoms with Crippen LogP contribution in [0.3, 0.4) is 0 Å². The van der Waals surface area contributed by atoms with Crippen LogP contribution >= 0.6 is 0 Å². The predicted molar refractivity (Wildman–Crippen MR) is 75.4 cm³/mol. The Morgan fingerprint density at radius 1 is 1.20 bits per heavy atom. The highest BCUT2D eigenvalue weighted by Gasteiger charge is 2.18. The highest BCUT2D eigenvalue weighted by atomic mass is 16.4. The zero-order valence-corrected chi connectivity index (χ0v) is 11.6. The van der Waals surface area contributed by atoms with Crippen molar-refractivity contribution in [2.75, 3.05) is 6.61 Å². The summed E-state index contributed by atoms with van der Waals surface area (Å²) in [7, 11) is 0. The number of carbonyl (C=O) groups is 2. The number of carboxylic acid groups (broad SMARTS) is 1. The first-order valence-electron chi connectivity index (χ1n) is 6.77. The molecule has 0 aliphatic heterocycles. The molecule has 0 saturated heterocycles. The summed E-state index contributed by atoms with van der Waals surface area (Å²) in [6.45, 7) is 1.52. The van der Waals surface area contributed by atoms with Crippen molar-refractivity contribution in [3.05, 3.63) is 35.4 Å². The first kappa shape index (κ1) is 16.2. The van der Waals surface area contributed by atoms with Crippen molar-refractivity contribution >= 4 is 11.9 Å². The molecule has 1 aromatic carbocycles. The van der Waals surface area contributed by atoms with Gasteiger partial charge < -0.3 is 15.5 Å². The van der Waals surface area contributed by atoms with E-state index in [1.165, 1.54) is 5.56 Å². The van der Waals surface area contributed by atoms with E-state index in [4.69, 9.17) is 10.2 Å². The van der Waals surface area contributed by atoms with Gasteiger partial charge in [-0.3, -0.25) is 4.79 Å². The summed E-state index contributed by atoms with van der Waals surface area (Å²) >= 11 is 0. The van der Waals surface area contributed by atoms with Gasteiger partial charge in [-0.2, -0.15) is 0 Å². The normalized spacial score (nSPS) is 11.9. The molecular weight excluding hydrogens is 258 g/mol. The number of aliphatic hydroxyl groups is 1. The Labute approximate surface area is 118 Å². The fraction of sp³-hybridized carbons (Fsp3) is 0.467. The molecule has 20 heavy (non-hydrogen) atoms. The lowest BCUT2D eigenvalue weighted by atomic mass is 10.0. The van der Waals surface area contributed by atoms with Crippen LogP contribution in [0.25, 0.3) is 0 Å². The summed E-state index contributed by atoms with van der Waals surface area (Å²) in [6.07, 6.45) is 3.41. The highest BCUT2D eigenvalue weighted by Crippen LogP contribution is 2.08. The SMILES string of the molecule is CCCCc1ccc(CC(=O)N[C@@H](CO)C(=O)O)cc1. The van der Waals surface area contributed by atoms with Gasteiger partial charge in [0.25, 0.3) is 0 Å². The summed E-state index contributed by atoms with van der Waals surface area (Å²) < 4.78 is 0. The smallest absolute Gasteiger partial charge is 0.328 e. The quantitative estimate of drug-likeness (QED) is 0.666. The minimum Gasteiger partial charge on any atom is -0.480 e. The lowest BCUT2D eigenvalue weighted by Gasteiger charge is -2.11. The van der Waals surface area contributed by atoms with Gasteiger partial charge in [-0.15, -0.1) is 0 Å². The topological polar surface area (TPSA) is 86.6 Å². The molecule has 0 spiro atoms. The minimum absolute atomic E-state index is 0.109. The molecule has 5 heteroatoms. The van der Waals surface area contributed by atoms with Crippen molar-refractivity contribution < 1.29 is 19.8 Å². The van der Waals surface area contributed by atoms with E-state index in [9.17, 15) is 9.59 Å². The Morgan fingerprint density at radius 2 is 1.80 bits per heavy atom. The van der Waals surface area contributed by atoms with Crippen LogP contribution in [-0.2, 0) is 22.4 Å². The number of hydrogen-bond donors (Lipinski definition) is 3. The molecule has 110 valence electrons. The fourth-order valence-electron chi connectivity index (χ4n) is 1.82. The van der Waals surface area contributed by atoms with E-state index in [1.54, 1.807) is 0 Å². The molecule has 3 N–H and O–H groups in total. The maximum absolute atomic E-state index is 11.7. The van der Waals surface area contributed by atoms with Gasteiger partial charge in [0.15, 0.2) is 0 Å². The third-order valence-corrected chi connectivity index (χ3v) is 3.02. The van der Waals surface area contributed by atoms with E-state index in [-0.39, 0.29) is 6.42 Å². The van der Waals surface area contributed by atoms with Crippen LogP contribution in [0.4, 0.5) is 0 Å². The van der Waals surface area contributed by atoms with Gasteiger partial charge in [0, 0.05) is 0 Å². The number of rotatable bonds is 8. The second kappa shape index (κ2) is 8.32. The summed E-state index contributed by atoms with van der Waals surface area (Å²) in [4.78, 5) is 22.3. The van der Waals surface area contributed by atoms with E-state index >= 15 is 0 Å². The van der Waals surface area contributed by atoms with Gasteiger partial charge in [0.1, 0.15) is 6.04 Å². The Balaban J connectivity index is 2.51. The average molecular weight is 279 g/mol. The van der Waals surface area contributed by atoms with Gasteiger partial charge in [-0.25, -0.2) is 4.79 Å². The lowest BCUT2D eigenvalue weighted by molar-refractivity contribution is -0.142. The zero-order chi connectivity index (χ0) is 15.0. The molecule has 0 aliphatic rings. The van der Waals surface area contributed by atoms with E-state index in [0.717, 1.165) is 24.8 Å². The van der Waals surface area contributed by atoms with Gasteiger partial charge >= 0.3 is 5.97 Å². The summed E-state index contributed by atoms with van der Waals surface area (Å²) in [6, 6.07) is 6.47. The van der Waals surface area contributed by atoms with Gasteiger partial charge in [-0.1, -0.05) is 37.6 Å². The van der Waals surface area contributed by atoms with Crippen molar-refractivity contribution in [3.63, 3.8) is 0 Å². The third-order valence-electron chi connectivity index (χ3n) is 3.02. The van der Waals surface area contributed by atoms with E-state index in [2.05, 4.69) is 12.2 Å². The number of aliphatic hydroxyl groups excluding tert-OH is 1. The second-order valence-electron chi connectivity index (χ2n) is 4.74. The van der Waals surface area contributed by atoms with E-state index in [1.807, 2.05) is 24.3 Å². The molecule has 0 aromatic heterocycles. The monoisotopic (exact) mass is 279 g/mol. The number of aryl methyl sites for hydroxylation is 1. The van der Waals surface area contributed by atoms with Crippen molar-refractivity contribution in [2.24, 2.45) is 0 Å². The average Bonchev–Trinajstić information content (AvgIpc) is 2.43. The largest absolute Gasteiger partial charge is 0.480 e. The number of nitrogens with one attached hydrogen (secondary N) is 1. The van der Waals surface area contributed by atoms with Crippen LogP contribution in [0.5, 0.6) is 0 Å². The Kier molecular flexibility index (Phi) is 6.73. The van der Waals surface area contributed by atoms with Crippen LogP contribution in [0.15, 0.2) is 24.3 Å². The molecule has 0 bridgehead atoms. The molecule has 5 nitrogen and oxygen atoms in total. The van der Waals surface area contributed by atoms with Crippen molar-refractivity contribution in [3.8, 4) is 0 Å². The molecule has 0 heterocycles. The molecule has 0 radical (unpaired) electrons. The lowest BCUT2D eigenvalue weighted by Crippen LogP contribution is -2.43. The fourth-order valence-corrected chi connectivity index (χ4v) is 1.82. The summed E-state index contributed by atoms with van der Waals surface area (Å²) in [5.41, 5.74) is 2.06. The molecule has 0 fully saturated rings. The number of carboxylic acids is 1. The van der Waals surface area contributed by atoms with Gasteiger partial charge in [0.05, 0.1) is 13.0 Å². The Hall–Kier alpha value is -1.88.